The Bertz CT molecular complexity index is 1330. The van der Waals surface area contributed by atoms with Crippen molar-refractivity contribution in [1.29, 1.82) is 0 Å². The lowest BCUT2D eigenvalue weighted by Crippen LogP contribution is -2.63. The third-order valence-corrected chi connectivity index (χ3v) is 9.51. The van der Waals surface area contributed by atoms with E-state index >= 15 is 0 Å². The van der Waals surface area contributed by atoms with Crippen molar-refractivity contribution in [2.45, 2.75) is 91.3 Å². The topological polar surface area (TPSA) is 125 Å². The second-order valence-corrected chi connectivity index (χ2v) is 12.2. The Morgan fingerprint density at radius 3 is 2.16 bits per heavy atom. The van der Waals surface area contributed by atoms with Crippen LogP contribution >= 0.6 is 0 Å². The number of ether oxygens (including phenoxy) is 4. The lowest BCUT2D eigenvalue weighted by atomic mass is 9.52. The lowest BCUT2D eigenvalue weighted by Gasteiger charge is -2.57. The minimum absolute atomic E-state index is 0.0577. The zero-order valence-corrected chi connectivity index (χ0v) is 25.7. The quantitative estimate of drug-likeness (QED) is 0.215. The molecule has 0 aromatic heterocycles. The van der Waals surface area contributed by atoms with Gasteiger partial charge in [0.2, 0.25) is 0 Å². The highest BCUT2D eigenvalue weighted by molar-refractivity contribution is 5.87. The van der Waals surface area contributed by atoms with Crippen molar-refractivity contribution in [3.63, 3.8) is 0 Å². The predicted molar refractivity (Wildman–Crippen MR) is 158 cm³/mol. The number of fused-ring (bicyclic) bond motifs is 3. The van der Waals surface area contributed by atoms with E-state index in [1.165, 1.54) is 26.8 Å². The fourth-order valence-electron chi connectivity index (χ4n) is 7.37. The highest BCUT2D eigenvalue weighted by Gasteiger charge is 2.62. The van der Waals surface area contributed by atoms with Gasteiger partial charge in [-0.2, -0.15) is 0 Å². The van der Waals surface area contributed by atoms with Gasteiger partial charge >= 0.3 is 23.9 Å². The summed E-state index contributed by atoms with van der Waals surface area (Å²) < 4.78 is 23.8. The molecule has 1 aromatic carbocycles. The molecule has 9 atom stereocenters. The molecular formula is C34H42O9. The van der Waals surface area contributed by atoms with Crippen molar-refractivity contribution in [2.75, 3.05) is 0 Å². The second kappa shape index (κ2) is 12.9. The fraction of sp³-hybridized carbons (Fsp3) is 0.529. The van der Waals surface area contributed by atoms with Gasteiger partial charge in [-0.25, -0.2) is 4.79 Å². The third-order valence-electron chi connectivity index (χ3n) is 9.51. The van der Waals surface area contributed by atoms with Gasteiger partial charge in [-0.05, 0) is 65.9 Å². The van der Waals surface area contributed by atoms with E-state index < -0.39 is 65.7 Å². The highest BCUT2D eigenvalue weighted by atomic mass is 16.6. The number of aliphatic hydroxyl groups is 1. The molecule has 0 spiro atoms. The number of hydrogen-bond donors (Lipinski definition) is 1. The zero-order valence-electron chi connectivity index (χ0n) is 25.7. The van der Waals surface area contributed by atoms with Crippen LogP contribution in [0.3, 0.4) is 0 Å². The van der Waals surface area contributed by atoms with E-state index in [4.69, 9.17) is 18.9 Å². The van der Waals surface area contributed by atoms with Crippen LogP contribution in [-0.4, -0.2) is 59.5 Å². The van der Waals surface area contributed by atoms with Crippen LogP contribution in [-0.2, 0) is 38.1 Å². The molecule has 2 saturated carbocycles. The summed E-state index contributed by atoms with van der Waals surface area (Å²) in [6.45, 7) is 13.8. The summed E-state index contributed by atoms with van der Waals surface area (Å²) in [5.74, 6) is -2.97. The number of hydrogen-bond acceptors (Lipinski definition) is 9. The van der Waals surface area contributed by atoms with Gasteiger partial charge in [0.25, 0.3) is 0 Å². The summed E-state index contributed by atoms with van der Waals surface area (Å²) in [6.07, 6.45) is -0.501. The SMILES string of the molecule is C=C1[C@H]2C[C@@H]3C[C@H](OC(=O)/C=C/c4ccccc4)C(C)=C([C@@H](OC(C)=O)[C@H](OC(C)=O)[C@]2(C)[C@@H](OC(C)=O)C[C@@H]1O)[C@@H]3C. The van der Waals surface area contributed by atoms with Gasteiger partial charge in [0.1, 0.15) is 12.2 Å². The van der Waals surface area contributed by atoms with E-state index in [1.807, 2.05) is 51.1 Å². The monoisotopic (exact) mass is 594 g/mol. The average Bonchev–Trinajstić information content (AvgIpc) is 2.93. The minimum Gasteiger partial charge on any atom is -0.462 e. The Morgan fingerprint density at radius 2 is 1.56 bits per heavy atom. The lowest BCUT2D eigenvalue weighted by molar-refractivity contribution is -0.208. The summed E-state index contributed by atoms with van der Waals surface area (Å²) in [6, 6.07) is 9.39. The molecule has 2 fully saturated rings. The first kappa shape index (κ1) is 32.2. The molecule has 0 saturated heterocycles. The van der Waals surface area contributed by atoms with Crippen molar-refractivity contribution < 1.29 is 43.2 Å². The molecule has 232 valence electrons. The Balaban J connectivity index is 1.84. The van der Waals surface area contributed by atoms with E-state index in [2.05, 4.69) is 6.58 Å². The molecule has 9 heteroatoms. The number of esters is 4. The van der Waals surface area contributed by atoms with Gasteiger partial charge in [0, 0.05) is 33.3 Å². The Labute approximate surface area is 252 Å². The predicted octanol–water partition coefficient (Wildman–Crippen LogP) is 4.73. The molecule has 0 unspecified atom stereocenters. The van der Waals surface area contributed by atoms with Gasteiger partial charge in [0.05, 0.1) is 11.5 Å². The molecule has 1 aromatic rings. The summed E-state index contributed by atoms with van der Waals surface area (Å²) >= 11 is 0. The normalized spacial score (nSPS) is 34.0. The zero-order chi connectivity index (χ0) is 31.6. The van der Waals surface area contributed by atoms with Gasteiger partial charge in [-0.3, -0.25) is 14.4 Å². The standard InChI is InChI=1S/C34H42O9/c1-18-25-15-26-19(2)27(38)17-29(40-21(4)35)34(26,7)33(42-23(6)37)32(41-22(5)36)31(18)20(3)28(16-25)43-30(39)14-13-24-11-9-8-10-12-24/h8-14,18,25-29,32-33,38H,2,15-17H2,1,3-7H3/b14-13+/t18-,25-,26-,27+,28+,29+,32-,33+,34+/m1/s1. The molecule has 4 rings (SSSR count). The van der Waals surface area contributed by atoms with E-state index in [0.29, 0.717) is 24.0 Å². The molecule has 3 aliphatic carbocycles. The summed E-state index contributed by atoms with van der Waals surface area (Å²) in [7, 11) is 0. The number of aliphatic hydroxyl groups excluding tert-OH is 1. The Hall–Kier alpha value is -3.72. The van der Waals surface area contributed by atoms with Crippen LogP contribution in [0.5, 0.6) is 0 Å². The molecule has 0 amide bonds. The van der Waals surface area contributed by atoms with Crippen LogP contribution < -0.4 is 0 Å². The molecule has 9 nitrogen and oxygen atoms in total. The molecular weight excluding hydrogens is 552 g/mol. The minimum atomic E-state index is -1.10. The first-order valence-corrected chi connectivity index (χ1v) is 14.8. The van der Waals surface area contributed by atoms with Crippen molar-refractivity contribution in [3.05, 3.63) is 65.3 Å². The Morgan fingerprint density at radius 1 is 0.930 bits per heavy atom. The van der Waals surface area contributed by atoms with Crippen molar-refractivity contribution in [2.24, 2.45) is 23.2 Å². The molecule has 0 heterocycles. The Kier molecular flexibility index (Phi) is 9.64. The van der Waals surface area contributed by atoms with Crippen LogP contribution in [0.1, 0.15) is 66.4 Å². The average molecular weight is 595 g/mol. The van der Waals surface area contributed by atoms with Gasteiger partial charge in [-0.15, -0.1) is 0 Å². The van der Waals surface area contributed by atoms with Crippen LogP contribution in [0.2, 0.25) is 0 Å². The van der Waals surface area contributed by atoms with Gasteiger partial charge < -0.3 is 24.1 Å². The van der Waals surface area contributed by atoms with Crippen LogP contribution in [0.4, 0.5) is 0 Å². The number of carbonyl (C=O) groups excluding carboxylic acids is 4. The molecule has 2 bridgehead atoms. The van der Waals surface area contributed by atoms with Gasteiger partial charge in [-0.1, -0.05) is 50.8 Å². The summed E-state index contributed by atoms with van der Waals surface area (Å²) in [5, 5.41) is 11.0. The van der Waals surface area contributed by atoms with Crippen molar-refractivity contribution >= 4 is 30.0 Å². The molecule has 1 N–H and O–H groups in total. The molecule has 0 radical (unpaired) electrons. The smallest absolute Gasteiger partial charge is 0.331 e. The van der Waals surface area contributed by atoms with E-state index in [-0.39, 0.29) is 18.3 Å². The van der Waals surface area contributed by atoms with Crippen LogP contribution in [0.25, 0.3) is 6.08 Å². The number of benzene rings is 1. The molecule has 3 aliphatic rings. The first-order valence-electron chi connectivity index (χ1n) is 14.8. The fourth-order valence-corrected chi connectivity index (χ4v) is 7.37. The van der Waals surface area contributed by atoms with Crippen LogP contribution in [0.15, 0.2) is 59.7 Å². The van der Waals surface area contributed by atoms with Crippen molar-refractivity contribution in [1.82, 2.24) is 0 Å². The molecule has 43 heavy (non-hydrogen) atoms. The largest absolute Gasteiger partial charge is 0.462 e. The highest BCUT2D eigenvalue weighted by Crippen LogP contribution is 2.57. The van der Waals surface area contributed by atoms with Crippen LogP contribution in [0, 0.1) is 23.2 Å². The van der Waals surface area contributed by atoms with Gasteiger partial charge in [0.15, 0.2) is 12.2 Å². The maximum Gasteiger partial charge on any atom is 0.331 e. The second-order valence-electron chi connectivity index (χ2n) is 12.2. The van der Waals surface area contributed by atoms with E-state index in [0.717, 1.165) is 11.1 Å². The van der Waals surface area contributed by atoms with Crippen molar-refractivity contribution in [3.8, 4) is 0 Å². The summed E-state index contributed by atoms with van der Waals surface area (Å²) in [4.78, 5) is 50.5. The first-order chi connectivity index (χ1) is 20.2. The number of rotatable bonds is 6. The maximum atomic E-state index is 13.0. The van der Waals surface area contributed by atoms with E-state index in [1.54, 1.807) is 6.08 Å². The summed E-state index contributed by atoms with van der Waals surface area (Å²) in [5.41, 5.74) is 1.72. The maximum absolute atomic E-state index is 13.0. The van der Waals surface area contributed by atoms with E-state index in [9.17, 15) is 24.3 Å². The number of carbonyl (C=O) groups is 4. The third kappa shape index (κ3) is 6.61. The molecule has 0 aliphatic heterocycles.